The van der Waals surface area contributed by atoms with E-state index in [1.165, 1.54) is 35.2 Å². The standard InChI is InChI=1S/C19H20FN3O4S/c1-28(26,27)21-15-8-6-14(7-9-15)18(24)22-10-12-23(13-11-22)19(25)16-4-2-3-5-17(16)20/h2-9,21H,10-13H2,1H3. The highest BCUT2D eigenvalue weighted by Crippen LogP contribution is 2.16. The van der Waals surface area contributed by atoms with E-state index in [-0.39, 0.29) is 17.4 Å². The van der Waals surface area contributed by atoms with Crippen LogP contribution in [-0.2, 0) is 10.0 Å². The van der Waals surface area contributed by atoms with Gasteiger partial charge < -0.3 is 9.80 Å². The monoisotopic (exact) mass is 405 g/mol. The Hall–Kier alpha value is -2.94. The summed E-state index contributed by atoms with van der Waals surface area (Å²) in [4.78, 5) is 28.2. The fourth-order valence-electron chi connectivity index (χ4n) is 3.00. The number of anilines is 1. The van der Waals surface area contributed by atoms with Crippen molar-refractivity contribution in [3.63, 3.8) is 0 Å². The lowest BCUT2D eigenvalue weighted by Gasteiger charge is -2.35. The van der Waals surface area contributed by atoms with Crippen LogP contribution in [0.5, 0.6) is 0 Å². The lowest BCUT2D eigenvalue weighted by Crippen LogP contribution is -2.50. The van der Waals surface area contributed by atoms with Crippen LogP contribution >= 0.6 is 0 Å². The van der Waals surface area contributed by atoms with E-state index < -0.39 is 15.8 Å². The maximum Gasteiger partial charge on any atom is 0.256 e. The molecule has 2 aromatic carbocycles. The van der Waals surface area contributed by atoms with Crippen molar-refractivity contribution in [2.45, 2.75) is 0 Å². The van der Waals surface area contributed by atoms with Gasteiger partial charge in [0.25, 0.3) is 11.8 Å². The Balaban J connectivity index is 1.61. The van der Waals surface area contributed by atoms with E-state index in [1.807, 2.05) is 0 Å². The molecule has 0 saturated carbocycles. The molecular formula is C19H20FN3O4S. The zero-order valence-electron chi connectivity index (χ0n) is 15.3. The highest BCUT2D eigenvalue weighted by molar-refractivity contribution is 7.92. The molecule has 2 aromatic rings. The summed E-state index contributed by atoms with van der Waals surface area (Å²) in [5.41, 5.74) is 0.823. The van der Waals surface area contributed by atoms with E-state index in [1.54, 1.807) is 23.1 Å². The number of piperazine rings is 1. The number of benzene rings is 2. The lowest BCUT2D eigenvalue weighted by molar-refractivity contribution is 0.0533. The predicted molar refractivity (Wildman–Crippen MR) is 103 cm³/mol. The third kappa shape index (κ3) is 4.66. The number of halogens is 1. The van der Waals surface area contributed by atoms with Crippen LogP contribution in [0.1, 0.15) is 20.7 Å². The largest absolute Gasteiger partial charge is 0.335 e. The topological polar surface area (TPSA) is 86.8 Å². The molecule has 1 saturated heterocycles. The summed E-state index contributed by atoms with van der Waals surface area (Å²) in [5.74, 6) is -1.15. The molecule has 0 bridgehead atoms. The van der Waals surface area contributed by atoms with Gasteiger partial charge in [-0.3, -0.25) is 14.3 Å². The Bertz CT molecular complexity index is 984. The average molecular weight is 405 g/mol. The van der Waals surface area contributed by atoms with Crippen LogP contribution in [0, 0.1) is 5.82 Å². The zero-order chi connectivity index (χ0) is 20.3. The van der Waals surface area contributed by atoms with E-state index in [0.717, 1.165) is 6.26 Å². The molecule has 28 heavy (non-hydrogen) atoms. The van der Waals surface area contributed by atoms with Crippen LogP contribution in [0.3, 0.4) is 0 Å². The van der Waals surface area contributed by atoms with Gasteiger partial charge in [-0.2, -0.15) is 0 Å². The Morgan fingerprint density at radius 1 is 0.893 bits per heavy atom. The first kappa shape index (κ1) is 19.8. The third-order valence-corrected chi connectivity index (χ3v) is 5.00. The number of carbonyl (C=O) groups is 2. The zero-order valence-corrected chi connectivity index (χ0v) is 16.1. The number of rotatable bonds is 4. The summed E-state index contributed by atoms with van der Waals surface area (Å²) in [7, 11) is -3.38. The highest BCUT2D eigenvalue weighted by Gasteiger charge is 2.26. The maximum absolute atomic E-state index is 13.8. The summed E-state index contributed by atoms with van der Waals surface area (Å²) in [6, 6.07) is 12.0. The van der Waals surface area contributed by atoms with Crippen molar-refractivity contribution in [1.82, 2.24) is 9.80 Å². The van der Waals surface area contributed by atoms with Gasteiger partial charge in [-0.15, -0.1) is 0 Å². The lowest BCUT2D eigenvalue weighted by atomic mass is 10.1. The fraction of sp³-hybridized carbons (Fsp3) is 0.263. The molecule has 0 unspecified atom stereocenters. The number of sulfonamides is 1. The second-order valence-electron chi connectivity index (χ2n) is 6.52. The van der Waals surface area contributed by atoms with Crippen molar-refractivity contribution in [3.05, 3.63) is 65.5 Å². The van der Waals surface area contributed by atoms with Crippen molar-refractivity contribution >= 4 is 27.5 Å². The van der Waals surface area contributed by atoms with E-state index in [9.17, 15) is 22.4 Å². The third-order valence-electron chi connectivity index (χ3n) is 4.39. The highest BCUT2D eigenvalue weighted by atomic mass is 32.2. The molecule has 0 spiro atoms. The van der Waals surface area contributed by atoms with Gasteiger partial charge in [0.05, 0.1) is 11.8 Å². The van der Waals surface area contributed by atoms with Gasteiger partial charge in [0.2, 0.25) is 10.0 Å². The Morgan fingerprint density at radius 3 is 1.96 bits per heavy atom. The fourth-order valence-corrected chi connectivity index (χ4v) is 3.56. The minimum absolute atomic E-state index is 0.0243. The first-order valence-electron chi connectivity index (χ1n) is 8.65. The van der Waals surface area contributed by atoms with Crippen LogP contribution in [-0.4, -0.2) is 62.5 Å². The predicted octanol–water partition coefficient (Wildman–Crippen LogP) is 1.80. The molecule has 7 nitrogen and oxygen atoms in total. The molecule has 9 heteroatoms. The van der Waals surface area contributed by atoms with E-state index >= 15 is 0 Å². The molecule has 1 aliphatic rings. The average Bonchev–Trinajstić information content (AvgIpc) is 2.67. The first-order valence-corrected chi connectivity index (χ1v) is 10.5. The van der Waals surface area contributed by atoms with Crippen molar-refractivity contribution < 1.29 is 22.4 Å². The normalized spacial score (nSPS) is 14.6. The van der Waals surface area contributed by atoms with Gasteiger partial charge in [0.1, 0.15) is 5.82 Å². The molecule has 3 rings (SSSR count). The number of carbonyl (C=O) groups excluding carboxylic acids is 2. The Labute approximate surface area is 162 Å². The molecule has 0 atom stereocenters. The van der Waals surface area contributed by atoms with E-state index in [4.69, 9.17) is 0 Å². The maximum atomic E-state index is 13.8. The summed E-state index contributed by atoms with van der Waals surface area (Å²) in [5, 5.41) is 0. The van der Waals surface area contributed by atoms with Crippen LogP contribution < -0.4 is 4.72 Å². The second kappa shape index (κ2) is 7.97. The number of hydrogen-bond donors (Lipinski definition) is 1. The number of amides is 2. The molecule has 1 aliphatic heterocycles. The quantitative estimate of drug-likeness (QED) is 0.840. The number of nitrogens with zero attached hydrogens (tertiary/aromatic N) is 2. The van der Waals surface area contributed by atoms with Crippen LogP contribution in [0.2, 0.25) is 0 Å². The molecule has 0 radical (unpaired) electrons. The smallest absolute Gasteiger partial charge is 0.256 e. The number of nitrogens with one attached hydrogen (secondary N) is 1. The van der Waals surface area contributed by atoms with Gasteiger partial charge in [0, 0.05) is 37.4 Å². The van der Waals surface area contributed by atoms with E-state index in [0.29, 0.717) is 37.4 Å². The molecule has 148 valence electrons. The van der Waals surface area contributed by atoms with E-state index in [2.05, 4.69) is 4.72 Å². The van der Waals surface area contributed by atoms with Crippen molar-refractivity contribution in [3.8, 4) is 0 Å². The molecule has 0 aliphatic carbocycles. The minimum atomic E-state index is -3.38. The number of hydrogen-bond acceptors (Lipinski definition) is 4. The van der Waals surface area contributed by atoms with Gasteiger partial charge in [-0.25, -0.2) is 12.8 Å². The molecule has 1 fully saturated rings. The molecule has 0 aromatic heterocycles. The van der Waals surface area contributed by atoms with Gasteiger partial charge in [0.15, 0.2) is 0 Å². The summed E-state index contributed by atoms with van der Waals surface area (Å²) < 4.78 is 38.6. The first-order chi connectivity index (χ1) is 13.2. The summed E-state index contributed by atoms with van der Waals surface area (Å²) >= 11 is 0. The van der Waals surface area contributed by atoms with Crippen LogP contribution in [0.15, 0.2) is 48.5 Å². The van der Waals surface area contributed by atoms with Crippen LogP contribution in [0.4, 0.5) is 10.1 Å². The molecule has 1 N–H and O–H groups in total. The van der Waals surface area contributed by atoms with Gasteiger partial charge in [-0.05, 0) is 36.4 Å². The summed E-state index contributed by atoms with van der Waals surface area (Å²) in [6.07, 6.45) is 1.05. The Morgan fingerprint density at radius 2 is 1.43 bits per heavy atom. The van der Waals surface area contributed by atoms with Gasteiger partial charge in [-0.1, -0.05) is 12.1 Å². The van der Waals surface area contributed by atoms with Crippen molar-refractivity contribution in [1.29, 1.82) is 0 Å². The SMILES string of the molecule is CS(=O)(=O)Nc1ccc(C(=O)N2CCN(C(=O)c3ccccc3F)CC2)cc1. The molecule has 2 amide bonds. The molecule has 1 heterocycles. The Kier molecular flexibility index (Phi) is 5.64. The molecular weight excluding hydrogens is 385 g/mol. The van der Waals surface area contributed by atoms with Crippen molar-refractivity contribution in [2.24, 2.45) is 0 Å². The van der Waals surface area contributed by atoms with Gasteiger partial charge >= 0.3 is 0 Å². The van der Waals surface area contributed by atoms with Crippen LogP contribution in [0.25, 0.3) is 0 Å². The van der Waals surface area contributed by atoms with Crippen molar-refractivity contribution in [2.75, 3.05) is 37.2 Å². The minimum Gasteiger partial charge on any atom is -0.335 e. The summed E-state index contributed by atoms with van der Waals surface area (Å²) in [6.45, 7) is 1.30. The second-order valence-corrected chi connectivity index (χ2v) is 8.26.